The van der Waals surface area contributed by atoms with E-state index < -0.39 is 0 Å². The van der Waals surface area contributed by atoms with E-state index in [1.807, 2.05) is 18.2 Å². The Morgan fingerprint density at radius 3 is 2.84 bits per heavy atom. The summed E-state index contributed by atoms with van der Waals surface area (Å²) in [7, 11) is 3.98. The van der Waals surface area contributed by atoms with Gasteiger partial charge in [-0.2, -0.15) is 0 Å². The molecular formula is C19H29N5O. The van der Waals surface area contributed by atoms with E-state index in [4.69, 9.17) is 0 Å². The Labute approximate surface area is 150 Å². The van der Waals surface area contributed by atoms with Gasteiger partial charge in [-0.1, -0.05) is 18.2 Å². The lowest BCUT2D eigenvalue weighted by molar-refractivity contribution is -0.116. The van der Waals surface area contributed by atoms with E-state index in [0.717, 1.165) is 24.2 Å². The van der Waals surface area contributed by atoms with E-state index >= 15 is 0 Å². The number of likely N-dealkylation sites (N-methyl/N-ethyl adjacent to an activating group) is 1. The molecule has 1 amide bonds. The van der Waals surface area contributed by atoms with Crippen LogP contribution in [-0.2, 0) is 4.79 Å². The van der Waals surface area contributed by atoms with E-state index in [0.29, 0.717) is 19.0 Å². The van der Waals surface area contributed by atoms with Crippen LogP contribution in [0.25, 0.3) is 0 Å². The number of nitrogens with one attached hydrogen (secondary N) is 3. The van der Waals surface area contributed by atoms with E-state index in [1.54, 1.807) is 7.05 Å². The number of anilines is 1. The van der Waals surface area contributed by atoms with E-state index in [9.17, 15) is 4.79 Å². The zero-order chi connectivity index (χ0) is 17.8. The maximum atomic E-state index is 11.9. The summed E-state index contributed by atoms with van der Waals surface area (Å²) in [4.78, 5) is 18.7. The van der Waals surface area contributed by atoms with Gasteiger partial charge in [0.15, 0.2) is 5.96 Å². The van der Waals surface area contributed by atoms with Crippen LogP contribution in [0.2, 0.25) is 0 Å². The highest BCUT2D eigenvalue weighted by Crippen LogP contribution is 2.31. The Morgan fingerprint density at radius 2 is 2.12 bits per heavy atom. The first-order valence-electron chi connectivity index (χ1n) is 9.13. The number of benzene rings is 1. The summed E-state index contributed by atoms with van der Waals surface area (Å²) in [6.45, 7) is 3.78. The van der Waals surface area contributed by atoms with Gasteiger partial charge in [-0.15, -0.1) is 0 Å². The number of hydrogen-bond acceptors (Lipinski definition) is 3. The number of carbonyl (C=O) groups is 1. The normalized spacial score (nSPS) is 21.5. The summed E-state index contributed by atoms with van der Waals surface area (Å²) in [5, 5.41) is 9.73. The van der Waals surface area contributed by atoms with E-state index in [-0.39, 0.29) is 11.8 Å². The minimum absolute atomic E-state index is 0.0770. The molecule has 1 aliphatic carbocycles. The first-order chi connectivity index (χ1) is 12.1. The standard InChI is InChI=1S/C19H29N5O/c1-13(24(3)15-8-9-15)11-21-19(20-2)22-12-14-10-18(25)23-17-7-5-4-6-16(14)17/h4-7,13-15H,8-12H2,1-3H3,(H,23,25)(H2,20,21,22). The Morgan fingerprint density at radius 1 is 1.36 bits per heavy atom. The molecular weight excluding hydrogens is 314 g/mol. The first-order valence-corrected chi connectivity index (χ1v) is 9.13. The molecule has 1 heterocycles. The van der Waals surface area contributed by atoms with Crippen molar-refractivity contribution in [3.63, 3.8) is 0 Å². The van der Waals surface area contributed by atoms with Crippen LogP contribution in [0, 0.1) is 0 Å². The van der Waals surface area contributed by atoms with Crippen LogP contribution in [-0.4, -0.2) is 56.0 Å². The van der Waals surface area contributed by atoms with Crippen molar-refractivity contribution in [2.45, 2.75) is 44.2 Å². The maximum Gasteiger partial charge on any atom is 0.225 e. The first kappa shape index (κ1) is 17.7. The second-order valence-electron chi connectivity index (χ2n) is 7.12. The summed E-state index contributed by atoms with van der Waals surface area (Å²) in [5.41, 5.74) is 2.11. The molecule has 6 heteroatoms. The van der Waals surface area contributed by atoms with Crippen LogP contribution in [0.15, 0.2) is 29.3 Å². The van der Waals surface area contributed by atoms with Crippen molar-refractivity contribution in [1.82, 2.24) is 15.5 Å². The minimum Gasteiger partial charge on any atom is -0.356 e. The summed E-state index contributed by atoms with van der Waals surface area (Å²) in [6, 6.07) is 9.24. The van der Waals surface area contributed by atoms with Crippen molar-refractivity contribution in [3.05, 3.63) is 29.8 Å². The largest absolute Gasteiger partial charge is 0.356 e. The number of aliphatic imine (C=N–C) groups is 1. The molecule has 1 saturated carbocycles. The Balaban J connectivity index is 1.52. The van der Waals surface area contributed by atoms with Crippen LogP contribution < -0.4 is 16.0 Å². The second-order valence-corrected chi connectivity index (χ2v) is 7.12. The number of hydrogen-bond donors (Lipinski definition) is 3. The SMILES string of the molecule is CN=C(NCC1CC(=O)Nc2ccccc21)NCC(C)N(C)C1CC1. The summed E-state index contributed by atoms with van der Waals surface area (Å²) >= 11 is 0. The average molecular weight is 343 g/mol. The van der Waals surface area contributed by atoms with Gasteiger partial charge in [0, 0.05) is 50.2 Å². The molecule has 0 aromatic heterocycles. The molecule has 0 radical (unpaired) electrons. The molecule has 1 aromatic rings. The Hall–Kier alpha value is -2.08. The van der Waals surface area contributed by atoms with Gasteiger partial charge in [0.25, 0.3) is 0 Å². The molecule has 6 nitrogen and oxygen atoms in total. The van der Waals surface area contributed by atoms with Gasteiger partial charge in [-0.05, 0) is 38.4 Å². The fraction of sp³-hybridized carbons (Fsp3) is 0.579. The second kappa shape index (κ2) is 7.87. The molecule has 2 unspecified atom stereocenters. The number of para-hydroxylation sites is 1. The average Bonchev–Trinajstić information content (AvgIpc) is 3.45. The molecule has 3 rings (SSSR count). The molecule has 3 N–H and O–H groups in total. The summed E-state index contributed by atoms with van der Waals surface area (Å²) in [5.74, 6) is 1.03. The number of carbonyl (C=O) groups excluding carboxylic acids is 1. The number of rotatable bonds is 6. The maximum absolute atomic E-state index is 11.9. The third kappa shape index (κ3) is 4.51. The zero-order valence-electron chi connectivity index (χ0n) is 15.4. The van der Waals surface area contributed by atoms with Crippen molar-refractivity contribution >= 4 is 17.6 Å². The van der Waals surface area contributed by atoms with Crippen LogP contribution in [0.5, 0.6) is 0 Å². The van der Waals surface area contributed by atoms with E-state index in [1.165, 1.54) is 18.4 Å². The highest BCUT2D eigenvalue weighted by atomic mass is 16.1. The summed E-state index contributed by atoms with van der Waals surface area (Å²) < 4.78 is 0. The predicted octanol–water partition coefficient (Wildman–Crippen LogP) is 1.76. The topological polar surface area (TPSA) is 68.8 Å². The monoisotopic (exact) mass is 343 g/mol. The number of guanidine groups is 1. The fourth-order valence-corrected chi connectivity index (χ4v) is 3.35. The Kier molecular flexibility index (Phi) is 5.58. The highest BCUT2D eigenvalue weighted by molar-refractivity contribution is 5.94. The van der Waals surface area contributed by atoms with Gasteiger partial charge >= 0.3 is 0 Å². The molecule has 136 valence electrons. The Bertz CT molecular complexity index is 640. The van der Waals surface area contributed by atoms with Crippen LogP contribution >= 0.6 is 0 Å². The third-order valence-electron chi connectivity index (χ3n) is 5.23. The molecule has 0 saturated heterocycles. The van der Waals surface area contributed by atoms with Gasteiger partial charge in [0.05, 0.1) is 0 Å². The van der Waals surface area contributed by atoms with E-state index in [2.05, 4.69) is 45.9 Å². The van der Waals surface area contributed by atoms with Crippen LogP contribution in [0.1, 0.15) is 37.7 Å². The lowest BCUT2D eigenvalue weighted by Crippen LogP contribution is -2.46. The lowest BCUT2D eigenvalue weighted by atomic mass is 9.90. The fourth-order valence-electron chi connectivity index (χ4n) is 3.35. The van der Waals surface area contributed by atoms with Crippen molar-refractivity contribution in [3.8, 4) is 0 Å². The number of fused-ring (bicyclic) bond motifs is 1. The number of amides is 1. The molecule has 2 atom stereocenters. The van der Waals surface area contributed by atoms with Crippen molar-refractivity contribution in [2.75, 3.05) is 32.5 Å². The predicted molar refractivity (Wildman–Crippen MR) is 102 cm³/mol. The zero-order valence-corrected chi connectivity index (χ0v) is 15.4. The van der Waals surface area contributed by atoms with Gasteiger partial charge in [-0.25, -0.2) is 0 Å². The molecule has 25 heavy (non-hydrogen) atoms. The highest BCUT2D eigenvalue weighted by Gasteiger charge is 2.29. The molecule has 2 aliphatic rings. The molecule has 0 spiro atoms. The molecule has 1 aliphatic heterocycles. The van der Waals surface area contributed by atoms with Gasteiger partial charge in [0.1, 0.15) is 0 Å². The van der Waals surface area contributed by atoms with Crippen molar-refractivity contribution < 1.29 is 4.79 Å². The lowest BCUT2D eigenvalue weighted by Gasteiger charge is -2.28. The number of nitrogens with zero attached hydrogens (tertiary/aromatic N) is 2. The quantitative estimate of drug-likeness (QED) is 0.544. The molecule has 1 aromatic carbocycles. The smallest absolute Gasteiger partial charge is 0.225 e. The van der Waals surface area contributed by atoms with Crippen LogP contribution in [0.3, 0.4) is 0 Å². The van der Waals surface area contributed by atoms with Crippen molar-refractivity contribution in [2.24, 2.45) is 4.99 Å². The molecule has 0 bridgehead atoms. The molecule has 1 fully saturated rings. The van der Waals surface area contributed by atoms with Gasteiger partial charge in [0.2, 0.25) is 5.91 Å². The third-order valence-corrected chi connectivity index (χ3v) is 5.23. The van der Waals surface area contributed by atoms with Crippen molar-refractivity contribution in [1.29, 1.82) is 0 Å². The van der Waals surface area contributed by atoms with Gasteiger partial charge in [-0.3, -0.25) is 14.7 Å². The van der Waals surface area contributed by atoms with Gasteiger partial charge < -0.3 is 16.0 Å². The summed E-state index contributed by atoms with van der Waals surface area (Å²) in [6.07, 6.45) is 3.13. The minimum atomic E-state index is 0.0770. The van der Waals surface area contributed by atoms with Crippen LogP contribution in [0.4, 0.5) is 5.69 Å².